The number of Topliss-reactive ketones (excluding diaryl/α,β-unsaturated/α-hetero) is 1. The Kier molecular flexibility index (Phi) is 5.40. The van der Waals surface area contributed by atoms with Gasteiger partial charge < -0.3 is 19.3 Å². The number of ketones is 1. The molecule has 3 heterocycles. The zero-order valence-corrected chi connectivity index (χ0v) is 17.9. The van der Waals surface area contributed by atoms with E-state index in [-0.39, 0.29) is 17.9 Å². The maximum absolute atomic E-state index is 13.0. The van der Waals surface area contributed by atoms with E-state index in [2.05, 4.69) is 0 Å². The van der Waals surface area contributed by atoms with Crippen LogP contribution in [0.2, 0.25) is 5.02 Å². The molecular formula is C22H19ClN2O4S. The maximum atomic E-state index is 13.0. The standard InChI is InChI=1S/C22H19ClN2O4S/c1-24(2)17-10-9-16(29-17)19-18(20(26)13-5-7-14(23)8-6-13)21(27)22(28)25(19)12-15-4-3-11-30-15/h3-11,19,26H,12H2,1-2H3/b20-18+. The third-order valence-electron chi connectivity index (χ3n) is 4.89. The first-order valence-corrected chi connectivity index (χ1v) is 10.5. The minimum absolute atomic E-state index is 0.00136. The molecule has 2 aromatic heterocycles. The number of anilines is 1. The molecule has 3 aromatic rings. The van der Waals surface area contributed by atoms with Crippen LogP contribution in [0.1, 0.15) is 22.2 Å². The predicted molar refractivity (Wildman–Crippen MR) is 117 cm³/mol. The fraction of sp³-hybridized carbons (Fsp3) is 0.182. The molecule has 1 N–H and O–H groups in total. The van der Waals surface area contributed by atoms with Crippen molar-refractivity contribution >= 4 is 46.3 Å². The number of aliphatic hydroxyl groups excluding tert-OH is 1. The van der Waals surface area contributed by atoms with Crippen molar-refractivity contribution in [2.75, 3.05) is 19.0 Å². The number of furan rings is 1. The summed E-state index contributed by atoms with van der Waals surface area (Å²) in [6.45, 7) is 0.238. The molecule has 8 heteroatoms. The molecule has 1 aliphatic heterocycles. The minimum atomic E-state index is -0.837. The molecule has 30 heavy (non-hydrogen) atoms. The van der Waals surface area contributed by atoms with Crippen LogP contribution in [0, 0.1) is 0 Å². The molecular weight excluding hydrogens is 424 g/mol. The van der Waals surface area contributed by atoms with Crippen LogP contribution in [0.5, 0.6) is 0 Å². The number of likely N-dealkylation sites (tertiary alicyclic amines) is 1. The molecule has 4 rings (SSSR count). The lowest BCUT2D eigenvalue weighted by Crippen LogP contribution is -2.28. The quantitative estimate of drug-likeness (QED) is 0.352. The van der Waals surface area contributed by atoms with E-state index >= 15 is 0 Å². The molecule has 0 aliphatic carbocycles. The molecule has 1 atom stereocenters. The van der Waals surface area contributed by atoms with Crippen LogP contribution in [-0.2, 0) is 16.1 Å². The topological polar surface area (TPSA) is 74.0 Å². The van der Waals surface area contributed by atoms with Crippen LogP contribution >= 0.6 is 22.9 Å². The molecule has 0 saturated carbocycles. The van der Waals surface area contributed by atoms with Crippen molar-refractivity contribution in [1.82, 2.24) is 4.90 Å². The molecule has 0 spiro atoms. The lowest BCUT2D eigenvalue weighted by Gasteiger charge is -2.23. The highest BCUT2D eigenvalue weighted by Gasteiger charge is 2.47. The number of rotatable bonds is 5. The molecule has 1 saturated heterocycles. The fourth-order valence-electron chi connectivity index (χ4n) is 3.40. The second-order valence-electron chi connectivity index (χ2n) is 7.08. The number of thiophene rings is 1. The summed E-state index contributed by atoms with van der Waals surface area (Å²) in [5.74, 6) is -0.687. The average molecular weight is 443 g/mol. The van der Waals surface area contributed by atoms with E-state index in [9.17, 15) is 14.7 Å². The van der Waals surface area contributed by atoms with Gasteiger partial charge in [-0.25, -0.2) is 0 Å². The predicted octanol–water partition coefficient (Wildman–Crippen LogP) is 4.68. The van der Waals surface area contributed by atoms with Gasteiger partial charge >= 0.3 is 0 Å². The summed E-state index contributed by atoms with van der Waals surface area (Å²) < 4.78 is 5.93. The smallest absolute Gasteiger partial charge is 0.296 e. The molecule has 1 amide bonds. The van der Waals surface area contributed by atoms with E-state index in [4.69, 9.17) is 16.0 Å². The number of benzene rings is 1. The van der Waals surface area contributed by atoms with Gasteiger partial charge in [0.05, 0.1) is 12.1 Å². The summed E-state index contributed by atoms with van der Waals surface area (Å²) in [7, 11) is 3.66. The molecule has 0 bridgehead atoms. The second kappa shape index (κ2) is 8.01. The Labute approximate surface area is 182 Å². The summed E-state index contributed by atoms with van der Waals surface area (Å²) in [5.41, 5.74) is 0.399. The van der Waals surface area contributed by atoms with Crippen molar-refractivity contribution in [2.24, 2.45) is 0 Å². The van der Waals surface area contributed by atoms with Crippen LogP contribution in [0.3, 0.4) is 0 Å². The number of amides is 1. The van der Waals surface area contributed by atoms with E-state index < -0.39 is 17.7 Å². The van der Waals surface area contributed by atoms with Gasteiger partial charge in [-0.2, -0.15) is 0 Å². The summed E-state index contributed by atoms with van der Waals surface area (Å²) in [6, 6.07) is 12.9. The van der Waals surface area contributed by atoms with Crippen molar-refractivity contribution in [3.05, 3.63) is 80.7 Å². The highest BCUT2D eigenvalue weighted by molar-refractivity contribution is 7.09. The highest BCUT2D eigenvalue weighted by Crippen LogP contribution is 2.42. The molecule has 1 unspecified atom stereocenters. The Morgan fingerprint density at radius 1 is 1.17 bits per heavy atom. The van der Waals surface area contributed by atoms with E-state index in [1.807, 2.05) is 31.6 Å². The summed E-state index contributed by atoms with van der Waals surface area (Å²) in [5, 5.41) is 13.4. The number of aliphatic hydroxyl groups is 1. The highest BCUT2D eigenvalue weighted by atomic mass is 35.5. The Hall–Kier alpha value is -3.03. The van der Waals surface area contributed by atoms with Crippen LogP contribution in [-0.4, -0.2) is 35.8 Å². The third-order valence-corrected chi connectivity index (χ3v) is 6.00. The number of carbonyl (C=O) groups is 2. The van der Waals surface area contributed by atoms with Crippen molar-refractivity contribution in [3.63, 3.8) is 0 Å². The zero-order valence-electron chi connectivity index (χ0n) is 16.3. The normalized spacial score (nSPS) is 18.2. The number of carbonyl (C=O) groups excluding carboxylic acids is 2. The van der Waals surface area contributed by atoms with Crippen LogP contribution in [0.4, 0.5) is 5.88 Å². The molecule has 0 radical (unpaired) electrons. The number of halogens is 1. The van der Waals surface area contributed by atoms with Gasteiger partial charge in [0.15, 0.2) is 5.88 Å². The fourth-order valence-corrected chi connectivity index (χ4v) is 4.23. The monoisotopic (exact) mass is 442 g/mol. The van der Waals surface area contributed by atoms with E-state index in [1.54, 1.807) is 41.3 Å². The zero-order chi connectivity index (χ0) is 21.4. The van der Waals surface area contributed by atoms with E-state index in [0.717, 1.165) is 4.88 Å². The third kappa shape index (κ3) is 3.62. The first kappa shape index (κ1) is 20.3. The van der Waals surface area contributed by atoms with Crippen LogP contribution in [0.15, 0.2) is 63.9 Å². The van der Waals surface area contributed by atoms with Crippen LogP contribution < -0.4 is 4.90 Å². The molecule has 1 fully saturated rings. The first-order chi connectivity index (χ1) is 14.4. The van der Waals surface area contributed by atoms with Crippen molar-refractivity contribution in [3.8, 4) is 0 Å². The Bertz CT molecular complexity index is 1120. The van der Waals surface area contributed by atoms with Gasteiger partial charge in [0.1, 0.15) is 17.6 Å². The molecule has 6 nitrogen and oxygen atoms in total. The van der Waals surface area contributed by atoms with Gasteiger partial charge in [-0.15, -0.1) is 11.3 Å². The van der Waals surface area contributed by atoms with Crippen molar-refractivity contribution in [2.45, 2.75) is 12.6 Å². The largest absolute Gasteiger partial charge is 0.507 e. The van der Waals surface area contributed by atoms with E-state index in [0.29, 0.717) is 22.2 Å². The number of nitrogens with zero attached hydrogens (tertiary/aromatic N) is 2. The Balaban J connectivity index is 1.85. The number of hydrogen-bond acceptors (Lipinski definition) is 6. The summed E-state index contributed by atoms with van der Waals surface area (Å²) >= 11 is 7.43. The van der Waals surface area contributed by atoms with Gasteiger partial charge in [0.2, 0.25) is 0 Å². The molecule has 154 valence electrons. The van der Waals surface area contributed by atoms with Crippen LogP contribution in [0.25, 0.3) is 5.76 Å². The van der Waals surface area contributed by atoms with Crippen molar-refractivity contribution < 1.29 is 19.1 Å². The second-order valence-corrected chi connectivity index (χ2v) is 8.55. The maximum Gasteiger partial charge on any atom is 0.296 e. The molecule has 1 aromatic carbocycles. The van der Waals surface area contributed by atoms with Gasteiger partial charge in [-0.05, 0) is 41.8 Å². The summed E-state index contributed by atoms with van der Waals surface area (Å²) in [6.07, 6.45) is 0. The van der Waals surface area contributed by atoms with Gasteiger partial charge in [-0.3, -0.25) is 9.59 Å². The lowest BCUT2D eigenvalue weighted by molar-refractivity contribution is -0.140. The SMILES string of the molecule is CN(C)c1ccc(C2/C(=C(\O)c3ccc(Cl)cc3)C(=O)C(=O)N2Cc2cccs2)o1. The van der Waals surface area contributed by atoms with Gasteiger partial charge in [0.25, 0.3) is 11.7 Å². The minimum Gasteiger partial charge on any atom is -0.507 e. The van der Waals surface area contributed by atoms with E-state index in [1.165, 1.54) is 16.2 Å². The average Bonchev–Trinajstić information content (AvgIpc) is 3.45. The first-order valence-electron chi connectivity index (χ1n) is 9.20. The summed E-state index contributed by atoms with van der Waals surface area (Å²) in [4.78, 5) is 30.0. The number of hydrogen-bond donors (Lipinski definition) is 1. The Morgan fingerprint density at radius 3 is 2.50 bits per heavy atom. The van der Waals surface area contributed by atoms with Gasteiger partial charge in [0, 0.05) is 35.6 Å². The lowest BCUT2D eigenvalue weighted by atomic mass is 9.99. The van der Waals surface area contributed by atoms with Gasteiger partial charge in [-0.1, -0.05) is 17.7 Å². The Morgan fingerprint density at radius 2 is 1.90 bits per heavy atom. The molecule has 1 aliphatic rings. The van der Waals surface area contributed by atoms with Crippen molar-refractivity contribution in [1.29, 1.82) is 0 Å².